The number of halogens is 9. The number of hydrogen-bond donors (Lipinski definition) is 3. The average Bonchev–Trinajstić information content (AvgIpc) is 1.33. The van der Waals surface area contributed by atoms with E-state index in [4.69, 9.17) is 18.9 Å². The van der Waals surface area contributed by atoms with E-state index in [0.717, 1.165) is 79.9 Å². The Morgan fingerprint density at radius 1 is 0.611 bits per heavy atom. The third-order valence-corrected chi connectivity index (χ3v) is 15.2. The van der Waals surface area contributed by atoms with Crippen LogP contribution in [-0.2, 0) is 38.8 Å². The first kappa shape index (κ1) is 83.8. The number of amides is 4. The first-order valence-corrected chi connectivity index (χ1v) is 48.7. The number of carbonyl (C=O) groups is 4. The number of methoxy groups -OCH3 is 3. The minimum absolute atomic E-state index is 0. The maximum absolute atomic E-state index is 12.7. The number of rotatable bonds is 11. The van der Waals surface area contributed by atoms with E-state index in [9.17, 15) is 19.2 Å². The molecule has 3 aromatic carbocycles. The number of H-pyrrole nitrogens is 1. The van der Waals surface area contributed by atoms with E-state index in [0.29, 0.717) is 46.0 Å². The van der Waals surface area contributed by atoms with Crippen LogP contribution in [0.5, 0.6) is 17.2 Å². The summed E-state index contributed by atoms with van der Waals surface area (Å²) >= 11 is 14.0. The largest absolute Gasteiger partial charge is 0.272 e. The molecule has 3 fully saturated rings. The van der Waals surface area contributed by atoms with Gasteiger partial charge in [-0.05, 0) is 172 Å². The molecule has 0 atom stereocenters. The molecule has 0 saturated carbocycles. The molecule has 3 N–H and O–H groups in total. The van der Waals surface area contributed by atoms with Crippen LogP contribution in [0.2, 0.25) is 0 Å². The van der Waals surface area contributed by atoms with Gasteiger partial charge in [0.2, 0.25) is 17.7 Å². The number of nitrogens with zero attached hydrogens (tertiary/aromatic N) is 10. The maximum atomic E-state index is 12.7. The van der Waals surface area contributed by atoms with E-state index in [1.54, 1.807) is 53.8 Å². The summed E-state index contributed by atoms with van der Waals surface area (Å²) in [4.78, 5) is 54.0. The van der Waals surface area contributed by atoms with Crippen LogP contribution in [0.25, 0.3) is 0 Å². The standard InChI is InChI=1S/C18H23N3O2.C17H22N4O2.C11H11IN2O.C11H20N2O3.C3H3IN2.ClH.I3.I2.HI/c1-18(2)10-4-12-20(17(18)22)16-9-11-19-21(16)13-14-5-7-15(23-3)8-6-14;1-17(2)16(22)20(11-10-18-17)15-8-9-19-21(15)12-13-4-6-14(23-3)7-5-13;1-15-10-4-2-9(3-5-10)8-14-11(12)6-7-13-14;1-10(2,3)16-9(15)13-7-6-12-8(14)11(13,4)5;4-3-1-2-5-6-3;;1-3-2;1-2;/h5-9,11H,4,10,12-13H2,1-3H3;4-9,18H,10-12H2,1-3H3;2-7H,8H2,1H3;6-7H2,1-5H3,(H,12,14);1-2H,(H,5,6);1H;;;1H/q;;;;;;-1;;. The molecule has 0 bridgehead atoms. The molecule has 7 aromatic rings. The fraction of sp³-hybridized carbons (Fsp3) is 0.433. The van der Waals surface area contributed by atoms with Crippen molar-refractivity contribution in [2.24, 2.45) is 5.41 Å². The summed E-state index contributed by atoms with van der Waals surface area (Å²) in [5.41, 5.74) is 1.22. The summed E-state index contributed by atoms with van der Waals surface area (Å²) in [6.45, 7) is 21.9. The summed E-state index contributed by atoms with van der Waals surface area (Å²) in [5, 5.41) is 25.4. The zero-order chi connectivity index (χ0) is 65.2. The minimum atomic E-state index is -0.847. The van der Waals surface area contributed by atoms with Crippen molar-refractivity contribution in [3.05, 3.63) is 146 Å². The van der Waals surface area contributed by atoms with Gasteiger partial charge in [-0.3, -0.25) is 38.9 Å². The molecule has 3 aliphatic heterocycles. The van der Waals surface area contributed by atoms with Gasteiger partial charge in [0.05, 0.1) is 72.5 Å². The Bertz CT molecular complexity index is 3100. The van der Waals surface area contributed by atoms with Crippen LogP contribution in [0.4, 0.5) is 16.4 Å². The second-order valence-electron chi connectivity index (χ2n) is 22.4. The predicted molar refractivity (Wildman–Crippen MR) is 416 cm³/mol. The van der Waals surface area contributed by atoms with Crippen LogP contribution in [-0.4, -0.2) is 139 Å². The molecule has 21 nitrogen and oxygen atoms in total. The Kier molecular flexibility index (Phi) is 38.7. The number of aromatic nitrogens is 8. The normalized spacial score (nSPS) is 15.1. The van der Waals surface area contributed by atoms with Crippen molar-refractivity contribution in [3.63, 3.8) is 0 Å². The molecule has 4 aromatic heterocycles. The Hall–Kier alpha value is -2.33. The van der Waals surface area contributed by atoms with Crippen molar-refractivity contribution in [2.45, 2.75) is 111 Å². The summed E-state index contributed by atoms with van der Waals surface area (Å²) in [5.74, 6) is 4.36. The zero-order valence-electron chi connectivity index (χ0n) is 52.3. The molecule has 30 heteroatoms. The van der Waals surface area contributed by atoms with Gasteiger partial charge in [0, 0.05) is 93.7 Å². The number of carbonyl (C=O) groups excluding carboxylic acids is 4. The van der Waals surface area contributed by atoms with Crippen molar-refractivity contribution < 1.29 is 51.4 Å². The second kappa shape index (κ2) is 41.6. The Labute approximate surface area is 633 Å². The topological polar surface area (TPSA) is 221 Å². The molecule has 498 valence electrons. The smallest absolute Gasteiger partial charge is 0.0957 e. The van der Waals surface area contributed by atoms with Gasteiger partial charge in [0.25, 0.3) is 0 Å². The Morgan fingerprint density at radius 3 is 1.43 bits per heavy atom. The number of nitrogens with one attached hydrogen (secondary N) is 3. The third kappa shape index (κ3) is 26.7. The zero-order valence-corrected chi connectivity index (χ0v) is 70.6. The molecular formula is C60H81ClI8N13O8-. The maximum Gasteiger partial charge on any atom is 0.0957 e. The SMILES string of the molecule is CC(C)(C)OC(=O)N1CCNC(=O)C1(C)C.COc1ccc(Cn2nccc2I)cc1.COc1ccc(Cn2nccc2N2CCCC(C)(C)C2=O)cc1.COc1ccc(Cn2nccc2N2CCNC(C)(C)C2=O)cc1.Cl.I.II.I[I-]I.Ic1ccn[nH]1. The van der Waals surface area contributed by atoms with Gasteiger partial charge >= 0.3 is 56.6 Å². The molecule has 3 saturated heterocycles. The fourth-order valence-corrected chi connectivity index (χ4v) is 9.71. The van der Waals surface area contributed by atoms with Gasteiger partial charge in [-0.1, -0.05) is 50.2 Å². The van der Waals surface area contributed by atoms with Crippen molar-refractivity contribution in [1.82, 2.24) is 55.1 Å². The van der Waals surface area contributed by atoms with E-state index >= 15 is 0 Å². The second-order valence-corrected chi connectivity index (χ2v) is 40.9. The number of anilines is 2. The number of benzene rings is 3. The number of aromatic amines is 1. The number of hydrogen-bond acceptors (Lipinski definition) is 13. The first-order valence-electron chi connectivity index (χ1n) is 27.7. The molecular weight excluding hydrogens is 2080 g/mol. The number of piperazine rings is 2. The molecule has 90 heavy (non-hydrogen) atoms. The van der Waals surface area contributed by atoms with Crippen LogP contribution in [0.1, 0.15) is 91.8 Å². The van der Waals surface area contributed by atoms with Gasteiger partial charge in [-0.2, -0.15) is 20.4 Å². The fourth-order valence-electron chi connectivity index (χ4n) is 8.96. The van der Waals surface area contributed by atoms with Crippen LogP contribution >= 0.6 is 156 Å². The van der Waals surface area contributed by atoms with Crippen LogP contribution in [0, 0.1) is 12.8 Å². The van der Waals surface area contributed by atoms with Crippen molar-refractivity contribution in [2.75, 3.05) is 63.9 Å². The monoisotopic (exact) mass is 2160 g/mol. The first-order chi connectivity index (χ1) is 41.8. The molecule has 0 unspecified atom stereocenters. The third-order valence-electron chi connectivity index (χ3n) is 13.7. The van der Waals surface area contributed by atoms with Crippen LogP contribution in [0.15, 0.2) is 122 Å². The predicted octanol–water partition coefficient (Wildman–Crippen LogP) is 11.0. The van der Waals surface area contributed by atoms with Crippen molar-refractivity contribution in [1.29, 1.82) is 0 Å². The Balaban J connectivity index is 0.000000389. The van der Waals surface area contributed by atoms with Gasteiger partial charge in [-0.15, -0.1) is 36.4 Å². The van der Waals surface area contributed by atoms with Gasteiger partial charge < -0.3 is 29.6 Å². The van der Waals surface area contributed by atoms with Gasteiger partial charge in [0.1, 0.15) is 40.0 Å². The number of piperidine rings is 1. The van der Waals surface area contributed by atoms with E-state index in [-0.39, 0.29) is 59.5 Å². The van der Waals surface area contributed by atoms with Crippen LogP contribution < -0.4 is 47.9 Å². The molecule has 10 rings (SSSR count). The quantitative estimate of drug-likeness (QED) is 0.103. The Morgan fingerprint density at radius 2 is 1.04 bits per heavy atom. The van der Waals surface area contributed by atoms with E-state index in [2.05, 4.69) is 168 Å². The van der Waals surface area contributed by atoms with E-state index < -0.39 is 22.8 Å². The molecule has 4 amide bonds. The molecule has 0 spiro atoms. The molecule has 7 heterocycles. The number of ether oxygens (including phenoxy) is 4. The van der Waals surface area contributed by atoms with E-state index in [1.807, 2.05) is 163 Å². The molecule has 0 radical (unpaired) electrons. The summed E-state index contributed by atoms with van der Waals surface area (Å²) < 4.78 is 28.7. The van der Waals surface area contributed by atoms with Crippen LogP contribution in [0.3, 0.4) is 0 Å². The molecule has 3 aliphatic rings. The minimum Gasteiger partial charge on any atom is -0.272 e. The molecule has 0 aliphatic carbocycles. The summed E-state index contributed by atoms with van der Waals surface area (Å²) in [6.07, 6.45) is 8.55. The summed E-state index contributed by atoms with van der Waals surface area (Å²) in [6, 6.07) is 31.5. The van der Waals surface area contributed by atoms with Gasteiger partial charge in [0.15, 0.2) is 0 Å². The van der Waals surface area contributed by atoms with Crippen molar-refractivity contribution >= 4 is 191 Å². The summed E-state index contributed by atoms with van der Waals surface area (Å²) in [7, 11) is 4.98. The van der Waals surface area contributed by atoms with Gasteiger partial charge in [-0.25, -0.2) is 14.2 Å². The van der Waals surface area contributed by atoms with E-state index in [1.165, 1.54) is 10.5 Å². The van der Waals surface area contributed by atoms with Crippen molar-refractivity contribution in [3.8, 4) is 17.2 Å². The average molecular weight is 2160 g/mol.